The molecule has 0 spiro atoms. The summed E-state index contributed by atoms with van der Waals surface area (Å²) in [5, 5.41) is 5.70. The van der Waals surface area contributed by atoms with Crippen molar-refractivity contribution in [3.8, 4) is 0 Å². The third-order valence-corrected chi connectivity index (χ3v) is 3.14. The Balaban J connectivity index is 2.04. The number of hydrogen-bond donors (Lipinski definition) is 2. The van der Waals surface area contributed by atoms with Gasteiger partial charge in [-0.3, -0.25) is 9.59 Å². The minimum absolute atomic E-state index is 0.173. The molecule has 2 amide bonds. The summed E-state index contributed by atoms with van der Waals surface area (Å²) in [5.41, 5.74) is -0.467. The van der Waals surface area contributed by atoms with Gasteiger partial charge in [0.1, 0.15) is 5.41 Å². The number of para-hydroxylation sites is 1. The van der Waals surface area contributed by atoms with Crippen LogP contribution in [0.4, 0.5) is 5.69 Å². The highest BCUT2D eigenvalue weighted by atomic mass is 16.2. The minimum atomic E-state index is -0.872. The van der Waals surface area contributed by atoms with Crippen molar-refractivity contribution < 1.29 is 9.59 Å². The maximum absolute atomic E-state index is 12.3. The van der Waals surface area contributed by atoms with Gasteiger partial charge in [-0.05, 0) is 45.7 Å². The van der Waals surface area contributed by atoms with E-state index in [1.54, 1.807) is 0 Å². The van der Waals surface area contributed by atoms with E-state index in [9.17, 15) is 9.59 Å². The van der Waals surface area contributed by atoms with Crippen LogP contribution in [0.25, 0.3) is 0 Å². The molecule has 4 heteroatoms. The van der Waals surface area contributed by atoms with Gasteiger partial charge in [0.2, 0.25) is 11.8 Å². The van der Waals surface area contributed by atoms with Crippen molar-refractivity contribution in [2.24, 2.45) is 5.41 Å². The summed E-state index contributed by atoms with van der Waals surface area (Å²) in [4.78, 5) is 24.5. The molecule has 0 aliphatic heterocycles. The summed E-state index contributed by atoms with van der Waals surface area (Å²) in [7, 11) is 0. The number of rotatable bonds is 3. The highest BCUT2D eigenvalue weighted by molar-refractivity contribution is 6.13. The fourth-order valence-electron chi connectivity index (χ4n) is 1.91. The quantitative estimate of drug-likeness (QED) is 0.819. The second-order valence-electron chi connectivity index (χ2n) is 6.11. The van der Waals surface area contributed by atoms with Crippen LogP contribution in [0.3, 0.4) is 0 Å². The number of nitrogens with one attached hydrogen (secondary N) is 2. The zero-order chi connectivity index (χ0) is 14.1. The smallest absolute Gasteiger partial charge is 0.240 e. The van der Waals surface area contributed by atoms with Crippen LogP contribution < -0.4 is 10.6 Å². The third-order valence-electron chi connectivity index (χ3n) is 3.14. The molecule has 19 heavy (non-hydrogen) atoms. The fourth-order valence-corrected chi connectivity index (χ4v) is 1.91. The molecule has 1 fully saturated rings. The van der Waals surface area contributed by atoms with Crippen molar-refractivity contribution in [1.82, 2.24) is 5.32 Å². The topological polar surface area (TPSA) is 58.2 Å². The first-order valence-electron chi connectivity index (χ1n) is 6.53. The van der Waals surface area contributed by atoms with Crippen molar-refractivity contribution in [2.75, 3.05) is 5.32 Å². The predicted octanol–water partition coefficient (Wildman–Crippen LogP) is 2.32. The number of hydrogen-bond acceptors (Lipinski definition) is 2. The number of carbonyl (C=O) groups is 2. The lowest BCUT2D eigenvalue weighted by Gasteiger charge is -2.24. The van der Waals surface area contributed by atoms with Gasteiger partial charge in [-0.25, -0.2) is 0 Å². The molecule has 0 radical (unpaired) electrons. The zero-order valence-corrected chi connectivity index (χ0v) is 11.6. The van der Waals surface area contributed by atoms with E-state index in [2.05, 4.69) is 10.6 Å². The molecule has 2 rings (SSSR count). The van der Waals surface area contributed by atoms with Gasteiger partial charge in [0, 0.05) is 11.2 Å². The lowest BCUT2D eigenvalue weighted by Crippen LogP contribution is -2.48. The summed E-state index contributed by atoms with van der Waals surface area (Å²) in [5.74, 6) is -0.381. The second-order valence-corrected chi connectivity index (χ2v) is 6.11. The largest absolute Gasteiger partial charge is 0.351 e. The number of benzene rings is 1. The molecule has 0 heterocycles. The molecule has 0 unspecified atom stereocenters. The molecule has 0 aromatic heterocycles. The number of amides is 2. The Bertz CT molecular complexity index is 485. The Morgan fingerprint density at radius 2 is 1.63 bits per heavy atom. The van der Waals surface area contributed by atoms with Gasteiger partial charge in [0.15, 0.2) is 0 Å². The zero-order valence-electron chi connectivity index (χ0n) is 11.6. The number of anilines is 1. The van der Waals surface area contributed by atoms with E-state index >= 15 is 0 Å². The third kappa shape index (κ3) is 3.13. The summed E-state index contributed by atoms with van der Waals surface area (Å²) in [6.45, 7) is 5.74. The Hall–Kier alpha value is -1.84. The first-order chi connectivity index (χ1) is 8.83. The van der Waals surface area contributed by atoms with Crippen LogP contribution in [-0.4, -0.2) is 17.4 Å². The second kappa shape index (κ2) is 4.68. The summed E-state index contributed by atoms with van der Waals surface area (Å²) < 4.78 is 0. The summed E-state index contributed by atoms with van der Waals surface area (Å²) >= 11 is 0. The molecule has 0 atom stereocenters. The molecule has 1 aliphatic carbocycles. The van der Waals surface area contributed by atoms with E-state index < -0.39 is 5.41 Å². The Kier molecular flexibility index (Phi) is 3.35. The van der Waals surface area contributed by atoms with Crippen LogP contribution in [0, 0.1) is 5.41 Å². The molecule has 2 N–H and O–H groups in total. The van der Waals surface area contributed by atoms with Gasteiger partial charge in [-0.15, -0.1) is 0 Å². The first-order valence-corrected chi connectivity index (χ1v) is 6.53. The van der Waals surface area contributed by atoms with Crippen LogP contribution in [0.15, 0.2) is 30.3 Å². The lowest BCUT2D eigenvalue weighted by atomic mass is 10.0. The van der Waals surface area contributed by atoms with Gasteiger partial charge >= 0.3 is 0 Å². The van der Waals surface area contributed by atoms with Crippen LogP contribution in [0.2, 0.25) is 0 Å². The molecule has 1 aliphatic rings. The average Bonchev–Trinajstić information content (AvgIpc) is 3.09. The molecule has 1 aromatic rings. The molecule has 102 valence electrons. The summed E-state index contributed by atoms with van der Waals surface area (Å²) in [6.07, 6.45) is 1.24. The monoisotopic (exact) mass is 260 g/mol. The van der Waals surface area contributed by atoms with E-state index in [-0.39, 0.29) is 17.4 Å². The van der Waals surface area contributed by atoms with Crippen LogP contribution >= 0.6 is 0 Å². The van der Waals surface area contributed by atoms with E-state index in [1.165, 1.54) is 0 Å². The molecule has 1 aromatic carbocycles. The SMILES string of the molecule is CC(C)(C)NC(=O)C1(C(=O)Nc2ccccc2)CC1. The Morgan fingerprint density at radius 3 is 2.11 bits per heavy atom. The van der Waals surface area contributed by atoms with Crippen LogP contribution in [0.1, 0.15) is 33.6 Å². The minimum Gasteiger partial charge on any atom is -0.351 e. The highest BCUT2D eigenvalue weighted by Gasteiger charge is 2.57. The molecule has 1 saturated carbocycles. The van der Waals surface area contributed by atoms with Crippen molar-refractivity contribution in [3.05, 3.63) is 30.3 Å². The van der Waals surface area contributed by atoms with Gasteiger partial charge in [-0.1, -0.05) is 18.2 Å². The Morgan fingerprint density at radius 1 is 1.05 bits per heavy atom. The van der Waals surface area contributed by atoms with Crippen LogP contribution in [-0.2, 0) is 9.59 Å². The molecular formula is C15H20N2O2. The van der Waals surface area contributed by atoms with E-state index in [1.807, 2.05) is 51.1 Å². The molecule has 0 saturated heterocycles. The first kappa shape index (κ1) is 13.6. The van der Waals surface area contributed by atoms with Crippen LogP contribution in [0.5, 0.6) is 0 Å². The van der Waals surface area contributed by atoms with E-state index in [0.29, 0.717) is 12.8 Å². The Labute approximate surface area is 113 Å². The normalized spacial score (nSPS) is 16.6. The average molecular weight is 260 g/mol. The highest BCUT2D eigenvalue weighted by Crippen LogP contribution is 2.47. The standard InChI is InChI=1S/C15H20N2O2/c1-14(2,3)17-13(19)15(9-10-15)12(18)16-11-7-5-4-6-8-11/h4-8H,9-10H2,1-3H3,(H,16,18)(H,17,19). The number of carbonyl (C=O) groups excluding carboxylic acids is 2. The van der Waals surface area contributed by atoms with Gasteiger partial charge in [0.05, 0.1) is 0 Å². The lowest BCUT2D eigenvalue weighted by molar-refractivity contribution is -0.135. The van der Waals surface area contributed by atoms with Crippen molar-refractivity contribution in [3.63, 3.8) is 0 Å². The van der Waals surface area contributed by atoms with Crippen molar-refractivity contribution in [2.45, 2.75) is 39.2 Å². The molecule has 0 bridgehead atoms. The predicted molar refractivity (Wildman–Crippen MR) is 74.6 cm³/mol. The van der Waals surface area contributed by atoms with Gasteiger partial charge in [-0.2, -0.15) is 0 Å². The maximum atomic E-state index is 12.3. The maximum Gasteiger partial charge on any atom is 0.240 e. The fraction of sp³-hybridized carbons (Fsp3) is 0.467. The van der Waals surface area contributed by atoms with Crippen molar-refractivity contribution in [1.29, 1.82) is 0 Å². The molecule has 4 nitrogen and oxygen atoms in total. The van der Waals surface area contributed by atoms with Gasteiger partial charge in [0.25, 0.3) is 0 Å². The van der Waals surface area contributed by atoms with E-state index in [0.717, 1.165) is 5.69 Å². The molecular weight excluding hydrogens is 240 g/mol. The van der Waals surface area contributed by atoms with Crippen molar-refractivity contribution >= 4 is 17.5 Å². The van der Waals surface area contributed by atoms with Gasteiger partial charge < -0.3 is 10.6 Å². The summed E-state index contributed by atoms with van der Waals surface area (Å²) in [6, 6.07) is 9.22. The van der Waals surface area contributed by atoms with E-state index in [4.69, 9.17) is 0 Å².